The van der Waals surface area contributed by atoms with E-state index in [1.54, 1.807) is 19.9 Å². The molecule has 254 valence electrons. The molecule has 1 aromatic heterocycles. The molecule has 0 saturated heterocycles. The Morgan fingerprint density at radius 2 is 1.81 bits per heavy atom. The van der Waals surface area contributed by atoms with Gasteiger partial charge in [0.25, 0.3) is 5.69 Å². The van der Waals surface area contributed by atoms with Gasteiger partial charge in [0.05, 0.1) is 34.6 Å². The Bertz CT molecular complexity index is 1830. The lowest BCUT2D eigenvalue weighted by Gasteiger charge is -2.33. The molecule has 2 N–H and O–H groups in total. The van der Waals surface area contributed by atoms with Crippen LogP contribution < -0.4 is 10.6 Å². The van der Waals surface area contributed by atoms with Gasteiger partial charge in [0, 0.05) is 51.4 Å². The second-order valence-corrected chi connectivity index (χ2v) is 13.8. The Hall–Kier alpha value is -4.44. The minimum atomic E-state index is -0.915. The topological polar surface area (TPSA) is 133 Å². The molecule has 2 unspecified atom stereocenters. The normalized spacial score (nSPS) is 17.0. The van der Waals surface area contributed by atoms with E-state index in [2.05, 4.69) is 17.6 Å². The smallest absolute Gasteiger partial charge is 0.337 e. The molecule has 1 aliphatic heterocycles. The largest absolute Gasteiger partial charge is 0.466 e. The number of nitrogens with one attached hydrogen (secondary N) is 2. The molecule has 0 bridgehead atoms. The molecule has 2 heterocycles. The van der Waals surface area contributed by atoms with Crippen LogP contribution in [-0.4, -0.2) is 40.6 Å². The highest BCUT2D eigenvalue weighted by atomic mass is 35.5. The van der Waals surface area contributed by atoms with E-state index in [4.69, 9.17) is 26.1 Å². The lowest BCUT2D eigenvalue weighted by atomic mass is 9.80. The van der Waals surface area contributed by atoms with E-state index in [0.29, 0.717) is 28.4 Å². The van der Waals surface area contributed by atoms with Crippen molar-refractivity contribution in [1.29, 1.82) is 0 Å². The van der Waals surface area contributed by atoms with Crippen molar-refractivity contribution in [2.45, 2.75) is 97.1 Å². The maximum absolute atomic E-state index is 14.0. The summed E-state index contributed by atoms with van der Waals surface area (Å²) < 4.78 is 11.2. The lowest BCUT2D eigenvalue weighted by Crippen LogP contribution is -2.36. The first-order valence-electron chi connectivity index (χ1n) is 16.4. The molecule has 0 amide bonds. The zero-order valence-corrected chi connectivity index (χ0v) is 29.1. The van der Waals surface area contributed by atoms with Crippen LogP contribution in [-0.2, 0) is 31.9 Å². The molecule has 10 nitrogen and oxygen atoms in total. The summed E-state index contributed by atoms with van der Waals surface area (Å²) in [5, 5.41) is 20.2. The van der Waals surface area contributed by atoms with Crippen LogP contribution in [0.15, 0.2) is 65.0 Å². The Kier molecular flexibility index (Phi) is 10.4. The van der Waals surface area contributed by atoms with Gasteiger partial charge in [-0.1, -0.05) is 23.7 Å². The van der Waals surface area contributed by atoms with Gasteiger partial charge in [-0.05, 0) is 109 Å². The van der Waals surface area contributed by atoms with Gasteiger partial charge in [-0.15, -0.1) is 0 Å². The van der Waals surface area contributed by atoms with Gasteiger partial charge in [-0.2, -0.15) is 0 Å². The molecule has 0 fully saturated rings. The number of non-ortho nitro benzene ring substituents is 1. The molecule has 3 aromatic rings. The third-order valence-electron chi connectivity index (χ3n) is 9.20. The molecular formula is C37H43ClN4O6. The summed E-state index contributed by atoms with van der Waals surface area (Å²) in [6.45, 7) is 9.34. The first-order valence-corrected chi connectivity index (χ1v) is 16.8. The van der Waals surface area contributed by atoms with E-state index < -0.39 is 28.4 Å². The zero-order valence-electron chi connectivity index (χ0n) is 28.4. The van der Waals surface area contributed by atoms with E-state index in [1.807, 2.05) is 32.0 Å². The van der Waals surface area contributed by atoms with Gasteiger partial charge < -0.3 is 20.1 Å². The molecule has 2 aromatic carbocycles. The number of ether oxygens (including phenoxy) is 2. The van der Waals surface area contributed by atoms with E-state index >= 15 is 0 Å². The van der Waals surface area contributed by atoms with Crippen LogP contribution in [0, 0.1) is 10.1 Å². The number of halogens is 1. The van der Waals surface area contributed by atoms with Crippen LogP contribution in [0.3, 0.4) is 0 Å². The number of rotatable bonds is 11. The number of dihydropyridines is 1. The number of aryl methyl sites for hydroxylation is 1. The summed E-state index contributed by atoms with van der Waals surface area (Å²) in [5.74, 6) is -2.15. The van der Waals surface area contributed by atoms with E-state index in [9.17, 15) is 19.7 Å². The SMILES string of the molecule is COC(=O)C1=C(C)NC(C)=C(C(=O)OC(C)(C)CCCC(C)Nc2c3c(nc4cc(Cl)ccc24)CCCC3)C1c1cccc([N+](=O)[O-])c1. The van der Waals surface area contributed by atoms with Crippen molar-refractivity contribution in [3.05, 3.63) is 97.0 Å². The highest BCUT2D eigenvalue weighted by Gasteiger charge is 2.40. The maximum atomic E-state index is 14.0. The quantitative estimate of drug-likeness (QED) is 0.118. The number of aromatic nitrogens is 1. The van der Waals surface area contributed by atoms with Crippen molar-refractivity contribution in [3.63, 3.8) is 0 Å². The predicted octanol–water partition coefficient (Wildman–Crippen LogP) is 8.08. The minimum Gasteiger partial charge on any atom is -0.466 e. The van der Waals surface area contributed by atoms with Crippen molar-refractivity contribution < 1.29 is 24.0 Å². The summed E-state index contributed by atoms with van der Waals surface area (Å²) in [5.41, 5.74) is 5.31. The van der Waals surface area contributed by atoms with Crippen molar-refractivity contribution in [2.24, 2.45) is 0 Å². The fourth-order valence-corrected chi connectivity index (χ4v) is 7.04. The number of carbonyl (C=O) groups is 2. The van der Waals surface area contributed by atoms with Gasteiger partial charge in [-0.25, -0.2) is 9.59 Å². The number of nitrogens with zero attached hydrogens (tertiary/aromatic N) is 2. The van der Waals surface area contributed by atoms with Gasteiger partial charge >= 0.3 is 11.9 Å². The van der Waals surface area contributed by atoms with Crippen LogP contribution in [0.4, 0.5) is 11.4 Å². The number of benzene rings is 2. The van der Waals surface area contributed by atoms with E-state index in [0.717, 1.165) is 60.8 Å². The standard InChI is InChI=1S/C37H43ClN4O6/c1-21(39-34-27-14-7-8-15-29(27)41-30-20-25(38)16-17-28(30)34)11-10-18-37(4,5)48-36(44)32-23(3)40-22(2)31(35(43)47-6)33(32)24-12-9-13-26(19-24)42(45)46/h9,12-13,16-17,19-21,33,40H,7-8,10-11,14-15,18H2,1-6H3,(H,39,41). The van der Waals surface area contributed by atoms with Crippen LogP contribution in [0.1, 0.15) is 89.5 Å². The molecule has 0 saturated carbocycles. The Labute approximate surface area is 286 Å². The first-order chi connectivity index (χ1) is 22.8. The summed E-state index contributed by atoms with van der Waals surface area (Å²) in [6, 6.07) is 12.0. The Balaban J connectivity index is 1.31. The summed E-state index contributed by atoms with van der Waals surface area (Å²) in [4.78, 5) is 43.0. The number of fused-ring (bicyclic) bond motifs is 2. The number of nitro groups is 1. The number of nitro benzene ring substituents is 1. The number of anilines is 1. The number of methoxy groups -OCH3 is 1. The molecule has 11 heteroatoms. The third-order valence-corrected chi connectivity index (χ3v) is 9.44. The molecule has 48 heavy (non-hydrogen) atoms. The molecule has 2 aliphatic rings. The van der Waals surface area contributed by atoms with Crippen LogP contribution in [0.5, 0.6) is 0 Å². The lowest BCUT2D eigenvalue weighted by molar-refractivity contribution is -0.384. The molecule has 0 spiro atoms. The van der Waals surface area contributed by atoms with Gasteiger partial charge in [0.2, 0.25) is 0 Å². The van der Waals surface area contributed by atoms with Crippen molar-refractivity contribution in [2.75, 3.05) is 12.4 Å². The van der Waals surface area contributed by atoms with Crippen LogP contribution in [0.25, 0.3) is 10.9 Å². The van der Waals surface area contributed by atoms with E-state index in [-0.39, 0.29) is 22.9 Å². The summed E-state index contributed by atoms with van der Waals surface area (Å²) >= 11 is 6.31. The molecule has 1 aliphatic carbocycles. The highest BCUT2D eigenvalue weighted by molar-refractivity contribution is 6.31. The fourth-order valence-electron chi connectivity index (χ4n) is 6.87. The zero-order chi connectivity index (χ0) is 34.7. The average molecular weight is 675 g/mol. The van der Waals surface area contributed by atoms with Gasteiger partial charge in [-0.3, -0.25) is 15.1 Å². The highest BCUT2D eigenvalue weighted by Crippen LogP contribution is 2.41. The first kappa shape index (κ1) is 34.9. The van der Waals surface area contributed by atoms with Gasteiger partial charge in [0.1, 0.15) is 5.60 Å². The molecule has 5 rings (SSSR count). The average Bonchev–Trinajstić information content (AvgIpc) is 3.03. The maximum Gasteiger partial charge on any atom is 0.337 e. The predicted molar refractivity (Wildman–Crippen MR) is 187 cm³/mol. The fraction of sp³-hybridized carbons (Fsp3) is 0.432. The number of hydrogen-bond donors (Lipinski definition) is 2. The molecular weight excluding hydrogens is 632 g/mol. The van der Waals surface area contributed by atoms with Crippen LogP contribution in [0.2, 0.25) is 5.02 Å². The Morgan fingerprint density at radius 1 is 1.10 bits per heavy atom. The monoisotopic (exact) mass is 674 g/mol. The van der Waals surface area contributed by atoms with Crippen LogP contribution >= 0.6 is 11.6 Å². The molecule has 0 radical (unpaired) electrons. The summed E-state index contributed by atoms with van der Waals surface area (Å²) in [7, 11) is 1.26. The number of pyridine rings is 1. The van der Waals surface area contributed by atoms with Crippen molar-refractivity contribution in [1.82, 2.24) is 10.3 Å². The van der Waals surface area contributed by atoms with Crippen molar-refractivity contribution >= 4 is 45.8 Å². The minimum absolute atomic E-state index is 0.144. The van der Waals surface area contributed by atoms with E-state index in [1.165, 1.54) is 30.9 Å². The summed E-state index contributed by atoms with van der Waals surface area (Å²) in [6.07, 6.45) is 6.43. The number of hydrogen-bond acceptors (Lipinski definition) is 9. The second kappa shape index (κ2) is 14.4. The number of allylic oxidation sites excluding steroid dienone is 2. The van der Waals surface area contributed by atoms with Gasteiger partial charge in [0.15, 0.2) is 0 Å². The Morgan fingerprint density at radius 3 is 2.52 bits per heavy atom. The number of esters is 2. The third kappa shape index (κ3) is 7.49. The molecule has 2 atom stereocenters. The second-order valence-electron chi connectivity index (χ2n) is 13.3. The number of carbonyl (C=O) groups excluding carboxylic acids is 2. The van der Waals surface area contributed by atoms with Crippen molar-refractivity contribution in [3.8, 4) is 0 Å².